The van der Waals surface area contributed by atoms with Gasteiger partial charge < -0.3 is 20.3 Å². The van der Waals surface area contributed by atoms with Crippen LogP contribution >= 0.6 is 0 Å². The van der Waals surface area contributed by atoms with E-state index in [2.05, 4.69) is 10.5 Å². The molecule has 2 amide bonds. The number of carbonyl (C=O) groups excluding carboxylic acids is 2. The van der Waals surface area contributed by atoms with E-state index in [9.17, 15) is 9.59 Å². The molecule has 4 N–H and O–H groups in total. The van der Waals surface area contributed by atoms with Gasteiger partial charge in [0.25, 0.3) is 5.91 Å². The molecule has 0 saturated carbocycles. The number of carbonyl (C=O) groups is 2. The average molecular weight is 399 g/mol. The monoisotopic (exact) mass is 399 g/mol. The van der Waals surface area contributed by atoms with Crippen LogP contribution < -0.4 is 11.2 Å². The molecule has 1 fully saturated rings. The zero-order valence-electron chi connectivity index (χ0n) is 16.7. The van der Waals surface area contributed by atoms with E-state index in [0.717, 1.165) is 0 Å². The number of benzene rings is 1. The number of nitrogens with one attached hydrogen (secondary N) is 2. The Balaban J connectivity index is 1.99. The maximum absolute atomic E-state index is 12.8. The Kier molecular flexibility index (Phi) is 6.77. The molecular formula is C19H25N7O3. The minimum atomic E-state index is -0.562. The third-order valence-corrected chi connectivity index (χ3v) is 3.99. The third kappa shape index (κ3) is 6.21. The lowest BCUT2D eigenvalue weighted by molar-refractivity contribution is 0.0141. The van der Waals surface area contributed by atoms with Crippen molar-refractivity contribution < 1.29 is 14.3 Å². The van der Waals surface area contributed by atoms with Crippen molar-refractivity contribution in [1.29, 1.82) is 10.7 Å². The Labute approximate surface area is 169 Å². The number of hydrogen-bond donors (Lipinski definition) is 3. The standard InChI is InChI=1S/C19H25N7O3/c1-19(2,3)29-18(28)26-9-7-25(8-10-26)17(27)13-5-4-6-14(11-13)23-24-15(12-20)16(21)22/h4-6,11,23H,7-10H2,1-3H3,(H3,21,22)/b24-15+. The number of ether oxygens (including phenoxy) is 1. The Bertz CT molecular complexity index is 859. The van der Waals surface area contributed by atoms with Gasteiger partial charge in [0.2, 0.25) is 5.71 Å². The molecule has 0 radical (unpaired) electrons. The molecule has 0 atom stereocenters. The van der Waals surface area contributed by atoms with Gasteiger partial charge in [-0.2, -0.15) is 10.4 Å². The summed E-state index contributed by atoms with van der Waals surface area (Å²) in [4.78, 5) is 28.2. The highest BCUT2D eigenvalue weighted by Gasteiger charge is 2.28. The fourth-order valence-electron chi connectivity index (χ4n) is 2.59. The summed E-state index contributed by atoms with van der Waals surface area (Å²) >= 11 is 0. The van der Waals surface area contributed by atoms with Crippen molar-refractivity contribution >= 4 is 29.2 Å². The van der Waals surface area contributed by atoms with E-state index in [1.807, 2.05) is 20.8 Å². The quantitative estimate of drug-likeness (QED) is 0.398. The summed E-state index contributed by atoms with van der Waals surface area (Å²) in [5.41, 5.74) is 7.98. The predicted octanol–water partition coefficient (Wildman–Crippen LogP) is 1.61. The molecular weight excluding hydrogens is 374 g/mol. The highest BCUT2D eigenvalue weighted by molar-refractivity contribution is 6.45. The van der Waals surface area contributed by atoms with E-state index in [-0.39, 0.29) is 17.7 Å². The lowest BCUT2D eigenvalue weighted by atomic mass is 10.1. The summed E-state index contributed by atoms with van der Waals surface area (Å²) < 4.78 is 5.36. The molecule has 1 saturated heterocycles. The van der Waals surface area contributed by atoms with Gasteiger partial charge in [-0.3, -0.25) is 15.6 Å². The van der Waals surface area contributed by atoms with Gasteiger partial charge in [-0.25, -0.2) is 4.79 Å². The first-order valence-electron chi connectivity index (χ1n) is 9.06. The molecule has 1 heterocycles. The molecule has 0 aromatic heterocycles. The van der Waals surface area contributed by atoms with E-state index in [0.29, 0.717) is 37.4 Å². The Hall–Kier alpha value is -3.61. The van der Waals surface area contributed by atoms with Gasteiger partial charge in [-0.05, 0) is 39.0 Å². The number of nitrogens with two attached hydrogens (primary N) is 1. The molecule has 0 bridgehead atoms. The number of amides is 2. The smallest absolute Gasteiger partial charge is 0.410 e. The highest BCUT2D eigenvalue weighted by Crippen LogP contribution is 2.16. The second kappa shape index (κ2) is 9.05. The van der Waals surface area contributed by atoms with Crippen LogP contribution in [0.1, 0.15) is 31.1 Å². The molecule has 29 heavy (non-hydrogen) atoms. The van der Waals surface area contributed by atoms with E-state index in [1.165, 1.54) is 0 Å². The van der Waals surface area contributed by atoms with Gasteiger partial charge in [0.05, 0.1) is 5.69 Å². The number of hydrogen-bond acceptors (Lipinski definition) is 7. The maximum Gasteiger partial charge on any atom is 0.410 e. The number of hydrazone groups is 1. The second-order valence-electron chi connectivity index (χ2n) is 7.44. The van der Waals surface area contributed by atoms with Crippen molar-refractivity contribution in [3.05, 3.63) is 29.8 Å². The van der Waals surface area contributed by atoms with Gasteiger partial charge in [0, 0.05) is 31.7 Å². The van der Waals surface area contributed by atoms with E-state index in [4.69, 9.17) is 21.1 Å². The summed E-state index contributed by atoms with van der Waals surface area (Å²) in [6, 6.07) is 8.34. The van der Waals surface area contributed by atoms with Crippen molar-refractivity contribution in [2.24, 2.45) is 10.8 Å². The molecule has 1 aliphatic heterocycles. The number of rotatable bonds is 4. The van der Waals surface area contributed by atoms with E-state index in [1.54, 1.807) is 40.1 Å². The van der Waals surface area contributed by atoms with Crippen LogP contribution in [-0.4, -0.2) is 65.1 Å². The van der Waals surface area contributed by atoms with Crippen molar-refractivity contribution in [1.82, 2.24) is 9.80 Å². The number of nitriles is 1. The SMILES string of the molecule is CC(C)(C)OC(=O)N1CCN(C(=O)c2cccc(N/N=C(\C#N)C(=N)N)c2)CC1. The lowest BCUT2D eigenvalue weighted by Gasteiger charge is -2.35. The van der Waals surface area contributed by atoms with Gasteiger partial charge in [0.15, 0.2) is 5.84 Å². The topological polar surface area (TPSA) is 148 Å². The first-order chi connectivity index (χ1) is 13.6. The third-order valence-electron chi connectivity index (χ3n) is 3.99. The van der Waals surface area contributed by atoms with Crippen LogP contribution in [0.15, 0.2) is 29.4 Å². The van der Waals surface area contributed by atoms with Crippen molar-refractivity contribution in [2.45, 2.75) is 26.4 Å². The lowest BCUT2D eigenvalue weighted by Crippen LogP contribution is -2.51. The molecule has 1 aromatic carbocycles. The fraction of sp³-hybridized carbons (Fsp3) is 0.421. The number of nitrogens with zero attached hydrogens (tertiary/aromatic N) is 4. The van der Waals surface area contributed by atoms with Gasteiger partial charge >= 0.3 is 6.09 Å². The molecule has 10 nitrogen and oxygen atoms in total. The Morgan fingerprint density at radius 3 is 2.41 bits per heavy atom. The molecule has 0 unspecified atom stereocenters. The van der Waals surface area contributed by atoms with Crippen LogP contribution in [-0.2, 0) is 4.74 Å². The summed E-state index contributed by atoms with van der Waals surface area (Å²) in [5.74, 6) is -0.622. The zero-order valence-corrected chi connectivity index (χ0v) is 16.7. The molecule has 0 spiro atoms. The summed E-state index contributed by atoms with van der Waals surface area (Å²) in [5, 5.41) is 19.9. The normalized spacial score (nSPS) is 14.8. The van der Waals surface area contributed by atoms with Crippen LogP contribution in [0.2, 0.25) is 0 Å². The molecule has 10 heteroatoms. The summed E-state index contributed by atoms with van der Waals surface area (Å²) in [7, 11) is 0. The molecule has 1 aliphatic rings. The van der Waals surface area contributed by atoms with E-state index < -0.39 is 11.4 Å². The van der Waals surface area contributed by atoms with Crippen molar-refractivity contribution in [3.63, 3.8) is 0 Å². The van der Waals surface area contributed by atoms with Crippen LogP contribution in [0.3, 0.4) is 0 Å². The summed E-state index contributed by atoms with van der Waals surface area (Å²) in [6.07, 6.45) is -0.382. The van der Waals surface area contributed by atoms with Crippen LogP contribution in [0.5, 0.6) is 0 Å². The van der Waals surface area contributed by atoms with Crippen LogP contribution in [0.25, 0.3) is 0 Å². The van der Waals surface area contributed by atoms with Crippen LogP contribution in [0.4, 0.5) is 10.5 Å². The van der Waals surface area contributed by atoms with Crippen molar-refractivity contribution in [3.8, 4) is 6.07 Å². The Morgan fingerprint density at radius 1 is 1.24 bits per heavy atom. The number of amidine groups is 1. The molecule has 0 aliphatic carbocycles. The first-order valence-corrected chi connectivity index (χ1v) is 9.06. The fourth-order valence-corrected chi connectivity index (χ4v) is 2.59. The van der Waals surface area contributed by atoms with Gasteiger partial charge in [-0.15, -0.1) is 0 Å². The van der Waals surface area contributed by atoms with Gasteiger partial charge in [0.1, 0.15) is 11.7 Å². The largest absolute Gasteiger partial charge is 0.444 e. The number of anilines is 1. The molecule has 2 rings (SSSR count). The summed E-state index contributed by atoms with van der Waals surface area (Å²) in [6.45, 7) is 7.02. The van der Waals surface area contributed by atoms with E-state index >= 15 is 0 Å². The minimum Gasteiger partial charge on any atom is -0.444 e. The molecule has 154 valence electrons. The van der Waals surface area contributed by atoms with Crippen LogP contribution in [0, 0.1) is 16.7 Å². The number of piperazine rings is 1. The average Bonchev–Trinajstić information content (AvgIpc) is 2.66. The second-order valence-corrected chi connectivity index (χ2v) is 7.44. The van der Waals surface area contributed by atoms with Gasteiger partial charge in [-0.1, -0.05) is 6.07 Å². The Morgan fingerprint density at radius 2 is 1.86 bits per heavy atom. The first kappa shape index (κ1) is 21.7. The minimum absolute atomic E-state index is 0.173. The highest BCUT2D eigenvalue weighted by atomic mass is 16.6. The maximum atomic E-state index is 12.8. The predicted molar refractivity (Wildman–Crippen MR) is 109 cm³/mol. The zero-order chi connectivity index (χ0) is 21.6. The molecule has 1 aromatic rings. The van der Waals surface area contributed by atoms with Crippen molar-refractivity contribution in [2.75, 3.05) is 31.6 Å².